The first-order valence-corrected chi connectivity index (χ1v) is 9.21. The van der Waals surface area contributed by atoms with Crippen molar-refractivity contribution < 1.29 is 19.4 Å². The number of nitrogens with zero attached hydrogens (tertiary/aromatic N) is 2. The Kier molecular flexibility index (Phi) is 5.56. The van der Waals surface area contributed by atoms with Crippen LogP contribution in [0.3, 0.4) is 0 Å². The van der Waals surface area contributed by atoms with Crippen molar-refractivity contribution in [3.63, 3.8) is 0 Å². The van der Waals surface area contributed by atoms with Gasteiger partial charge in [-0.1, -0.05) is 13.3 Å². The van der Waals surface area contributed by atoms with Gasteiger partial charge in [0.15, 0.2) is 0 Å². The Hall–Kier alpha value is -2.11. The molecular weight excluding hydrogens is 320 g/mol. The maximum atomic E-state index is 12.9. The quantitative estimate of drug-likeness (QED) is 0.820. The zero-order valence-electron chi connectivity index (χ0n) is 14.7. The van der Waals surface area contributed by atoms with Gasteiger partial charge in [-0.25, -0.2) is 4.98 Å². The van der Waals surface area contributed by atoms with Crippen molar-refractivity contribution in [3.05, 3.63) is 23.9 Å². The molecule has 2 saturated carbocycles. The fourth-order valence-corrected chi connectivity index (χ4v) is 3.28. The van der Waals surface area contributed by atoms with E-state index in [1.54, 1.807) is 30.2 Å². The van der Waals surface area contributed by atoms with Crippen LogP contribution in [0.4, 0.5) is 0 Å². The third-order valence-corrected chi connectivity index (χ3v) is 4.96. The summed E-state index contributed by atoms with van der Waals surface area (Å²) in [6.45, 7) is 1.87. The number of carbonyl (C=O) groups is 2. The lowest BCUT2D eigenvalue weighted by molar-refractivity contribution is -0.141. The van der Waals surface area contributed by atoms with Crippen LogP contribution >= 0.6 is 0 Å². The smallest absolute Gasteiger partial charge is 0.308 e. The summed E-state index contributed by atoms with van der Waals surface area (Å²) in [6.07, 6.45) is 9.31. The van der Waals surface area contributed by atoms with Crippen molar-refractivity contribution in [2.75, 3.05) is 6.54 Å². The van der Waals surface area contributed by atoms with Crippen LogP contribution < -0.4 is 4.74 Å². The molecule has 6 heteroatoms. The van der Waals surface area contributed by atoms with Crippen LogP contribution in [-0.2, 0) is 4.79 Å². The van der Waals surface area contributed by atoms with E-state index in [9.17, 15) is 9.59 Å². The molecule has 1 unspecified atom stereocenters. The highest BCUT2D eigenvalue weighted by atomic mass is 16.5. The number of aliphatic carboxylic acids is 1. The largest absolute Gasteiger partial charge is 0.481 e. The highest BCUT2D eigenvalue weighted by Gasteiger charge is 2.35. The van der Waals surface area contributed by atoms with Crippen LogP contribution in [0.25, 0.3) is 0 Å². The fraction of sp³-hybridized carbons (Fsp3) is 0.632. The van der Waals surface area contributed by atoms with Gasteiger partial charge in [-0.05, 0) is 44.6 Å². The topological polar surface area (TPSA) is 79.7 Å². The Bertz CT molecular complexity index is 624. The van der Waals surface area contributed by atoms with Gasteiger partial charge in [0.2, 0.25) is 5.88 Å². The van der Waals surface area contributed by atoms with Crippen molar-refractivity contribution in [3.8, 4) is 5.88 Å². The van der Waals surface area contributed by atoms with Gasteiger partial charge >= 0.3 is 5.97 Å². The van der Waals surface area contributed by atoms with Gasteiger partial charge in [-0.2, -0.15) is 0 Å². The molecule has 1 amide bonds. The number of amides is 1. The molecule has 1 aromatic rings. The normalized spacial score (nSPS) is 19.2. The number of carboxylic acid groups (broad SMARTS) is 1. The molecule has 136 valence electrons. The molecule has 1 N–H and O–H groups in total. The lowest BCUT2D eigenvalue weighted by atomic mass is 9.98. The summed E-state index contributed by atoms with van der Waals surface area (Å²) < 4.78 is 5.95. The minimum Gasteiger partial charge on any atom is -0.481 e. The second kappa shape index (κ2) is 7.85. The third kappa shape index (κ3) is 4.71. The van der Waals surface area contributed by atoms with Gasteiger partial charge in [0.1, 0.15) is 6.10 Å². The van der Waals surface area contributed by atoms with E-state index < -0.39 is 11.9 Å². The summed E-state index contributed by atoms with van der Waals surface area (Å²) in [5, 5.41) is 9.14. The van der Waals surface area contributed by atoms with Gasteiger partial charge in [0.25, 0.3) is 5.91 Å². The third-order valence-electron chi connectivity index (χ3n) is 4.96. The highest BCUT2D eigenvalue weighted by Crippen LogP contribution is 2.30. The van der Waals surface area contributed by atoms with Gasteiger partial charge in [-0.3, -0.25) is 9.59 Å². The molecule has 1 atom stereocenters. The summed E-state index contributed by atoms with van der Waals surface area (Å²) in [4.78, 5) is 30.0. The Labute approximate surface area is 148 Å². The van der Waals surface area contributed by atoms with E-state index in [1.807, 2.05) is 0 Å². The average Bonchev–Trinajstić information content (AvgIpc) is 3.45. The van der Waals surface area contributed by atoms with Crippen molar-refractivity contribution in [2.24, 2.45) is 5.92 Å². The predicted octanol–water partition coefficient (Wildman–Crippen LogP) is 3.12. The van der Waals surface area contributed by atoms with Gasteiger partial charge in [-0.15, -0.1) is 0 Å². The maximum absolute atomic E-state index is 12.9. The molecule has 2 fully saturated rings. The Morgan fingerprint density at radius 2 is 2.00 bits per heavy atom. The molecule has 2 aliphatic rings. The number of pyridine rings is 1. The highest BCUT2D eigenvalue weighted by molar-refractivity contribution is 5.95. The molecular formula is C19H26N2O4. The molecule has 6 nitrogen and oxygen atoms in total. The number of carboxylic acids is 1. The standard InChI is InChI=1S/C19H26N2O4/c1-13(19(23)24)12-21(15-7-8-15)18(22)14-9-10-20-17(11-14)25-16-5-3-2-4-6-16/h9-11,13,15-16H,2-8,12H2,1H3,(H,23,24). The minimum atomic E-state index is -0.880. The van der Waals surface area contributed by atoms with Crippen LogP contribution in [0.15, 0.2) is 18.3 Å². The fourth-order valence-electron chi connectivity index (χ4n) is 3.28. The Balaban J connectivity index is 1.69. The van der Waals surface area contributed by atoms with Crippen LogP contribution in [0, 0.1) is 5.92 Å². The molecule has 0 spiro atoms. The lowest BCUT2D eigenvalue weighted by Crippen LogP contribution is -2.38. The van der Waals surface area contributed by atoms with E-state index in [2.05, 4.69) is 4.98 Å². The molecule has 0 saturated heterocycles. The zero-order chi connectivity index (χ0) is 17.8. The molecule has 25 heavy (non-hydrogen) atoms. The van der Waals surface area contributed by atoms with E-state index in [0.29, 0.717) is 11.4 Å². The first-order valence-electron chi connectivity index (χ1n) is 9.21. The maximum Gasteiger partial charge on any atom is 0.308 e. The number of rotatable bonds is 7. The van der Waals surface area contributed by atoms with Crippen molar-refractivity contribution >= 4 is 11.9 Å². The second-order valence-corrected chi connectivity index (χ2v) is 7.19. The number of ether oxygens (including phenoxy) is 1. The Morgan fingerprint density at radius 1 is 1.28 bits per heavy atom. The molecule has 3 rings (SSSR count). The van der Waals surface area contributed by atoms with Crippen LogP contribution in [0.5, 0.6) is 5.88 Å². The van der Waals surface area contributed by atoms with Crippen molar-refractivity contribution in [1.29, 1.82) is 0 Å². The number of hydrogen-bond acceptors (Lipinski definition) is 4. The summed E-state index contributed by atoms with van der Waals surface area (Å²) in [5.41, 5.74) is 0.519. The lowest BCUT2D eigenvalue weighted by Gasteiger charge is -2.25. The van der Waals surface area contributed by atoms with Crippen LogP contribution in [-0.4, -0.2) is 45.6 Å². The molecule has 2 aliphatic carbocycles. The van der Waals surface area contributed by atoms with E-state index >= 15 is 0 Å². The zero-order valence-corrected chi connectivity index (χ0v) is 14.7. The summed E-state index contributed by atoms with van der Waals surface area (Å²) >= 11 is 0. The van der Waals surface area contributed by atoms with Gasteiger partial charge in [0.05, 0.1) is 5.92 Å². The van der Waals surface area contributed by atoms with E-state index in [1.165, 1.54) is 19.3 Å². The van der Waals surface area contributed by atoms with Crippen LogP contribution in [0.1, 0.15) is 62.2 Å². The summed E-state index contributed by atoms with van der Waals surface area (Å²) in [7, 11) is 0. The predicted molar refractivity (Wildman–Crippen MR) is 92.6 cm³/mol. The molecule has 0 aliphatic heterocycles. The van der Waals surface area contributed by atoms with E-state index in [0.717, 1.165) is 25.7 Å². The van der Waals surface area contributed by atoms with Crippen molar-refractivity contribution in [1.82, 2.24) is 9.88 Å². The molecule has 0 bridgehead atoms. The number of aromatic nitrogens is 1. The second-order valence-electron chi connectivity index (χ2n) is 7.19. The first-order chi connectivity index (χ1) is 12.0. The number of carbonyl (C=O) groups excluding carboxylic acids is 1. The minimum absolute atomic E-state index is 0.133. The number of hydrogen-bond donors (Lipinski definition) is 1. The van der Waals surface area contributed by atoms with E-state index in [4.69, 9.17) is 9.84 Å². The molecule has 1 heterocycles. The summed E-state index contributed by atoms with van der Waals surface area (Å²) in [5.74, 6) is -1.11. The Morgan fingerprint density at radius 3 is 2.64 bits per heavy atom. The average molecular weight is 346 g/mol. The summed E-state index contributed by atoms with van der Waals surface area (Å²) in [6, 6.07) is 3.53. The SMILES string of the molecule is CC(CN(C(=O)c1ccnc(OC2CCCCC2)c1)C1CC1)C(=O)O. The van der Waals surface area contributed by atoms with Gasteiger partial charge < -0.3 is 14.7 Å². The molecule has 1 aromatic heterocycles. The molecule has 0 aromatic carbocycles. The van der Waals surface area contributed by atoms with Crippen molar-refractivity contribution in [2.45, 2.75) is 64.0 Å². The first kappa shape index (κ1) is 17.7. The van der Waals surface area contributed by atoms with Gasteiger partial charge in [0, 0.05) is 30.4 Å². The van der Waals surface area contributed by atoms with Crippen LogP contribution in [0.2, 0.25) is 0 Å². The molecule has 0 radical (unpaired) electrons. The van der Waals surface area contributed by atoms with E-state index in [-0.39, 0.29) is 24.6 Å². The monoisotopic (exact) mass is 346 g/mol.